The van der Waals surface area contributed by atoms with Crippen molar-refractivity contribution in [3.05, 3.63) is 34.4 Å². The molecule has 1 heterocycles. The van der Waals surface area contributed by atoms with Crippen molar-refractivity contribution in [1.82, 2.24) is 9.55 Å². The molecule has 1 aromatic carbocycles. The van der Waals surface area contributed by atoms with Gasteiger partial charge in [0.25, 0.3) is 5.56 Å². The lowest BCUT2D eigenvalue weighted by Crippen LogP contribution is -2.36. The van der Waals surface area contributed by atoms with Crippen LogP contribution in [0.5, 0.6) is 0 Å². The molecule has 3 rings (SSSR count). The quantitative estimate of drug-likeness (QED) is 0.628. The molecule has 2 N–H and O–H groups in total. The van der Waals surface area contributed by atoms with E-state index in [9.17, 15) is 14.4 Å². The number of rotatable bonds is 1. The SMILES string of the molecule is [2H]c1cc(N)c2c(=O)n(C3C(=O)CC(=O)C([2H])C3([2H])[2H])c(C([2H])[2H])nc2c1. The summed E-state index contributed by atoms with van der Waals surface area (Å²) < 4.78 is 47.5. The van der Waals surface area contributed by atoms with E-state index in [0.717, 1.165) is 0 Å². The van der Waals surface area contributed by atoms with Gasteiger partial charge in [0.15, 0.2) is 5.78 Å². The number of nitrogens with two attached hydrogens (primary N) is 1. The minimum absolute atomic E-state index is 0.0527. The van der Waals surface area contributed by atoms with Gasteiger partial charge in [0, 0.05) is 18.9 Å². The average Bonchev–Trinajstić information content (AvgIpc) is 2.53. The number of benzene rings is 1. The lowest BCUT2D eigenvalue weighted by molar-refractivity contribution is -0.132. The summed E-state index contributed by atoms with van der Waals surface area (Å²) >= 11 is 0. The van der Waals surface area contributed by atoms with Gasteiger partial charge in [-0.05, 0) is 25.4 Å². The Morgan fingerprint density at radius 1 is 1.48 bits per heavy atom. The van der Waals surface area contributed by atoms with Crippen LogP contribution in [0.3, 0.4) is 0 Å². The molecule has 0 aliphatic heterocycles. The van der Waals surface area contributed by atoms with Gasteiger partial charge in [-0.15, -0.1) is 0 Å². The normalized spacial score (nSPS) is 29.4. The second kappa shape index (κ2) is 4.80. The number of hydrogen-bond donors (Lipinski definition) is 1. The maximum absolute atomic E-state index is 13.1. The molecule has 2 aromatic rings. The minimum atomic E-state index is -2.74. The molecular formula is C15H15N3O3. The zero-order valence-corrected chi connectivity index (χ0v) is 10.8. The number of hydrogen-bond acceptors (Lipinski definition) is 5. The van der Waals surface area contributed by atoms with Crippen LogP contribution in [0.15, 0.2) is 23.0 Å². The van der Waals surface area contributed by atoms with Gasteiger partial charge in [-0.1, -0.05) is 6.04 Å². The molecule has 21 heavy (non-hydrogen) atoms. The van der Waals surface area contributed by atoms with Crippen LogP contribution in [0.25, 0.3) is 10.9 Å². The Morgan fingerprint density at radius 3 is 3.05 bits per heavy atom. The molecular weight excluding hydrogens is 270 g/mol. The third-order valence-corrected chi connectivity index (χ3v) is 3.23. The molecule has 0 bridgehead atoms. The molecule has 0 amide bonds. The van der Waals surface area contributed by atoms with Crippen molar-refractivity contribution in [3.63, 3.8) is 0 Å². The summed E-state index contributed by atoms with van der Waals surface area (Å²) in [5, 5.41) is -0.183. The van der Waals surface area contributed by atoms with E-state index in [1.54, 1.807) is 0 Å². The van der Waals surface area contributed by atoms with E-state index in [4.69, 9.17) is 14.0 Å². The fourth-order valence-electron chi connectivity index (χ4n) is 2.28. The summed E-state index contributed by atoms with van der Waals surface area (Å²) in [6.07, 6.45) is -5.37. The van der Waals surface area contributed by atoms with Gasteiger partial charge in [-0.25, -0.2) is 4.98 Å². The van der Waals surface area contributed by atoms with Crippen molar-refractivity contribution in [2.24, 2.45) is 0 Å². The van der Waals surface area contributed by atoms with Crippen molar-refractivity contribution in [2.75, 3.05) is 5.73 Å². The Labute approximate surface area is 129 Å². The Hall–Kier alpha value is -2.50. The van der Waals surface area contributed by atoms with Crippen LogP contribution in [0, 0.1) is 6.88 Å². The molecule has 1 fully saturated rings. The summed E-state index contributed by atoms with van der Waals surface area (Å²) in [7, 11) is 0. The first-order chi connectivity index (χ1) is 12.5. The Balaban J connectivity index is 2.41. The molecule has 0 spiro atoms. The van der Waals surface area contributed by atoms with Crippen LogP contribution in [0.4, 0.5) is 5.69 Å². The number of fused-ring (bicyclic) bond motifs is 1. The highest BCUT2D eigenvalue weighted by Crippen LogP contribution is 2.24. The summed E-state index contributed by atoms with van der Waals surface area (Å²) in [5.41, 5.74) is 4.67. The molecule has 1 saturated carbocycles. The number of anilines is 1. The van der Waals surface area contributed by atoms with Gasteiger partial charge in [0.2, 0.25) is 0 Å². The van der Waals surface area contributed by atoms with Crippen LogP contribution in [0.2, 0.25) is 0 Å². The second-order valence-corrected chi connectivity index (χ2v) is 4.64. The number of aryl methyl sites for hydroxylation is 1. The predicted molar refractivity (Wildman–Crippen MR) is 78.1 cm³/mol. The van der Waals surface area contributed by atoms with E-state index in [2.05, 4.69) is 4.98 Å². The van der Waals surface area contributed by atoms with E-state index < -0.39 is 55.1 Å². The Kier molecular flexibility index (Phi) is 1.84. The van der Waals surface area contributed by atoms with Crippen LogP contribution in [-0.2, 0) is 9.59 Å². The van der Waals surface area contributed by atoms with Crippen LogP contribution < -0.4 is 11.3 Å². The van der Waals surface area contributed by atoms with Crippen molar-refractivity contribution >= 4 is 28.2 Å². The molecule has 108 valence electrons. The van der Waals surface area contributed by atoms with Crippen molar-refractivity contribution in [1.29, 1.82) is 0 Å². The van der Waals surface area contributed by atoms with Crippen molar-refractivity contribution in [2.45, 2.75) is 32.1 Å². The van der Waals surface area contributed by atoms with Gasteiger partial charge in [-0.3, -0.25) is 19.0 Å². The largest absolute Gasteiger partial charge is 0.398 e. The molecule has 2 atom stereocenters. The fourth-order valence-corrected chi connectivity index (χ4v) is 2.28. The van der Waals surface area contributed by atoms with E-state index in [0.29, 0.717) is 4.57 Å². The minimum Gasteiger partial charge on any atom is -0.398 e. The lowest BCUT2D eigenvalue weighted by Gasteiger charge is -2.24. The first-order valence-corrected chi connectivity index (χ1v) is 6.11. The maximum Gasteiger partial charge on any atom is 0.264 e. The second-order valence-electron chi connectivity index (χ2n) is 4.64. The van der Waals surface area contributed by atoms with E-state index in [-0.39, 0.29) is 22.6 Å². The van der Waals surface area contributed by atoms with Crippen molar-refractivity contribution < 1.29 is 17.8 Å². The van der Waals surface area contributed by atoms with E-state index >= 15 is 0 Å². The highest BCUT2D eigenvalue weighted by atomic mass is 16.2. The smallest absolute Gasteiger partial charge is 0.264 e. The Bertz CT molecular complexity index is 1040. The molecule has 6 nitrogen and oxygen atoms in total. The molecule has 1 aromatic heterocycles. The van der Waals surface area contributed by atoms with Crippen LogP contribution >= 0.6 is 0 Å². The van der Waals surface area contributed by atoms with Gasteiger partial charge in [-0.2, -0.15) is 0 Å². The predicted octanol–water partition coefficient (Wildman–Crippen LogP) is 1.15. The molecule has 2 unspecified atom stereocenters. The number of ketones is 2. The number of carbonyl (C=O) groups excluding carboxylic acids is 2. The summed E-state index contributed by atoms with van der Waals surface area (Å²) in [5.74, 6) is -2.37. The summed E-state index contributed by atoms with van der Waals surface area (Å²) in [6, 6.07) is 0.452. The first-order valence-electron chi connectivity index (χ1n) is 9.34. The highest BCUT2D eigenvalue weighted by molar-refractivity contribution is 6.03. The maximum atomic E-state index is 13.1. The zero-order valence-electron chi connectivity index (χ0n) is 16.8. The number of aromatic nitrogens is 2. The average molecular weight is 291 g/mol. The topological polar surface area (TPSA) is 95.0 Å². The zero-order chi connectivity index (χ0) is 20.3. The van der Waals surface area contributed by atoms with Gasteiger partial charge in [0.05, 0.1) is 24.7 Å². The monoisotopic (exact) mass is 291 g/mol. The van der Waals surface area contributed by atoms with Crippen molar-refractivity contribution in [3.8, 4) is 0 Å². The Morgan fingerprint density at radius 2 is 2.29 bits per heavy atom. The van der Waals surface area contributed by atoms with Crippen LogP contribution in [-0.4, -0.2) is 21.1 Å². The number of nitrogens with zero attached hydrogens (tertiary/aromatic N) is 2. The standard InChI is InChI=1S/C15H15N3O3/c1-8-17-11-4-2-3-10(16)14(11)15(21)18(8)12-6-5-9(19)7-13(12)20/h2-4,12H,5-7,16H2,1H3/i1D2,2D,5D,6D2. The van der Waals surface area contributed by atoms with E-state index in [1.807, 2.05) is 0 Å². The number of carbonyl (C=O) groups is 2. The summed E-state index contributed by atoms with van der Waals surface area (Å²) in [4.78, 5) is 41.2. The van der Waals surface area contributed by atoms with Gasteiger partial charge in [0.1, 0.15) is 11.6 Å². The lowest BCUT2D eigenvalue weighted by atomic mass is 9.92. The van der Waals surface area contributed by atoms with Gasteiger partial charge < -0.3 is 5.73 Å². The molecule has 0 radical (unpaired) electrons. The third-order valence-electron chi connectivity index (χ3n) is 3.23. The fraction of sp³-hybridized carbons (Fsp3) is 0.333. The molecule has 1 aliphatic carbocycles. The summed E-state index contributed by atoms with van der Waals surface area (Å²) in [6.45, 7) is -1.86. The number of Topliss-reactive ketones (excluding diaryl/α,β-unsaturated/α-hetero) is 2. The third kappa shape index (κ3) is 2.12. The van der Waals surface area contributed by atoms with Crippen LogP contribution in [0.1, 0.15) is 39.3 Å². The molecule has 6 heteroatoms. The van der Waals surface area contributed by atoms with E-state index in [1.165, 1.54) is 12.1 Å². The molecule has 0 saturated heterocycles. The molecule has 1 aliphatic rings. The first kappa shape index (κ1) is 8.07. The number of nitrogen functional groups attached to an aromatic ring is 1. The van der Waals surface area contributed by atoms with Gasteiger partial charge >= 0.3 is 0 Å². The highest BCUT2D eigenvalue weighted by Gasteiger charge is 2.30.